The van der Waals surface area contributed by atoms with E-state index < -0.39 is 0 Å². The highest BCUT2D eigenvalue weighted by Crippen LogP contribution is 2.33. The number of aliphatic imine (C=N–C) groups is 1. The Balaban J connectivity index is 1.30. The number of nitrogens with zero attached hydrogens (tertiary/aromatic N) is 4. The van der Waals surface area contributed by atoms with Crippen molar-refractivity contribution in [3.8, 4) is 5.75 Å². The van der Waals surface area contributed by atoms with Crippen molar-refractivity contribution in [2.45, 2.75) is 6.54 Å². The minimum absolute atomic E-state index is 0.0613. The molecule has 2 aliphatic heterocycles. The number of anilines is 1. The number of fused-ring (bicyclic) bond motifs is 1. The number of carbonyl (C=O) groups excluding carboxylic acids is 1. The van der Waals surface area contributed by atoms with Crippen molar-refractivity contribution < 1.29 is 9.53 Å². The summed E-state index contributed by atoms with van der Waals surface area (Å²) in [6.07, 6.45) is 0. The Morgan fingerprint density at radius 2 is 1.48 bits per heavy atom. The largest absolute Gasteiger partial charge is 0.494 e. The third kappa shape index (κ3) is 4.53. The maximum atomic E-state index is 13.5. The monoisotopic (exact) mass is 440 g/mol. The Bertz CT molecular complexity index is 1150. The molecule has 0 aliphatic carbocycles. The summed E-state index contributed by atoms with van der Waals surface area (Å²) in [6.45, 7) is 5.37. The lowest BCUT2D eigenvalue weighted by atomic mass is 10.1. The third-order valence-electron chi connectivity index (χ3n) is 6.27. The van der Waals surface area contributed by atoms with Gasteiger partial charge in [-0.05, 0) is 23.8 Å². The minimum atomic E-state index is -0.0613. The zero-order chi connectivity index (χ0) is 22.6. The number of hydrogen-bond donors (Lipinski definition) is 0. The molecular weight excluding hydrogens is 412 g/mol. The highest BCUT2D eigenvalue weighted by Gasteiger charge is 2.35. The summed E-state index contributed by atoms with van der Waals surface area (Å²) in [6, 6.07) is 26.0. The lowest BCUT2D eigenvalue weighted by Crippen LogP contribution is -2.50. The second-order valence-electron chi connectivity index (χ2n) is 8.40. The molecule has 0 aromatic heterocycles. The zero-order valence-electron chi connectivity index (χ0n) is 18.9. The van der Waals surface area contributed by atoms with Gasteiger partial charge >= 0.3 is 0 Å². The summed E-state index contributed by atoms with van der Waals surface area (Å²) < 4.78 is 5.43. The summed E-state index contributed by atoms with van der Waals surface area (Å²) in [5.41, 5.74) is 4.26. The van der Waals surface area contributed by atoms with Gasteiger partial charge in [0.25, 0.3) is 5.91 Å². The van der Waals surface area contributed by atoms with Crippen LogP contribution in [0, 0.1) is 0 Å². The highest BCUT2D eigenvalue weighted by molar-refractivity contribution is 6.54. The summed E-state index contributed by atoms with van der Waals surface area (Å²) in [5, 5.41) is 0. The van der Waals surface area contributed by atoms with Gasteiger partial charge in [0.05, 0.1) is 19.5 Å². The smallest absolute Gasteiger partial charge is 0.278 e. The van der Waals surface area contributed by atoms with Crippen molar-refractivity contribution in [3.05, 3.63) is 90.0 Å². The van der Waals surface area contributed by atoms with Gasteiger partial charge in [-0.3, -0.25) is 19.5 Å². The van der Waals surface area contributed by atoms with Gasteiger partial charge in [0.2, 0.25) is 0 Å². The van der Waals surface area contributed by atoms with Crippen molar-refractivity contribution in [3.63, 3.8) is 0 Å². The number of methoxy groups -OCH3 is 1. The van der Waals surface area contributed by atoms with Gasteiger partial charge < -0.3 is 4.74 Å². The first-order valence-electron chi connectivity index (χ1n) is 11.3. The predicted octanol–water partition coefficient (Wildman–Crippen LogP) is 3.94. The topological polar surface area (TPSA) is 48.4 Å². The van der Waals surface area contributed by atoms with Crippen LogP contribution in [0.2, 0.25) is 0 Å². The number of piperazine rings is 1. The van der Waals surface area contributed by atoms with E-state index in [1.165, 1.54) is 5.56 Å². The van der Waals surface area contributed by atoms with Gasteiger partial charge in [-0.2, -0.15) is 0 Å². The van der Waals surface area contributed by atoms with Crippen LogP contribution in [0.3, 0.4) is 0 Å². The number of ether oxygens (including phenoxy) is 1. The molecule has 0 atom stereocenters. The van der Waals surface area contributed by atoms with E-state index in [-0.39, 0.29) is 5.91 Å². The molecule has 0 bridgehead atoms. The first kappa shape index (κ1) is 21.4. The Morgan fingerprint density at radius 1 is 0.818 bits per heavy atom. The molecule has 0 saturated carbocycles. The first-order chi connectivity index (χ1) is 16.2. The van der Waals surface area contributed by atoms with Crippen LogP contribution in [-0.4, -0.2) is 61.4 Å². The van der Waals surface area contributed by atoms with E-state index in [2.05, 4.69) is 40.1 Å². The molecule has 2 heterocycles. The molecule has 3 aromatic rings. The summed E-state index contributed by atoms with van der Waals surface area (Å²) >= 11 is 0. The SMILES string of the molecule is COc1ccccc1N=C1C(=O)N(CN2CCN(Cc3ccccc3)CC2)c2ccccc21. The van der Waals surface area contributed by atoms with E-state index in [1.807, 2.05) is 53.4 Å². The average Bonchev–Trinajstić information content (AvgIpc) is 3.12. The van der Waals surface area contributed by atoms with Crippen LogP contribution in [0.1, 0.15) is 11.1 Å². The van der Waals surface area contributed by atoms with E-state index in [0.717, 1.165) is 44.0 Å². The Kier molecular flexibility index (Phi) is 6.19. The maximum Gasteiger partial charge on any atom is 0.278 e. The fourth-order valence-electron chi connectivity index (χ4n) is 4.48. The van der Waals surface area contributed by atoms with Crippen LogP contribution in [0.4, 0.5) is 11.4 Å². The Hall–Kier alpha value is -3.48. The molecule has 3 aromatic carbocycles. The molecule has 0 spiro atoms. The highest BCUT2D eigenvalue weighted by atomic mass is 16.5. The van der Waals surface area contributed by atoms with Crippen LogP contribution < -0.4 is 9.64 Å². The number of hydrogen-bond acceptors (Lipinski definition) is 5. The van der Waals surface area contributed by atoms with E-state index in [4.69, 9.17) is 9.73 Å². The summed E-state index contributed by atoms with van der Waals surface area (Å²) in [4.78, 5) is 24.9. The molecule has 1 amide bonds. The van der Waals surface area contributed by atoms with Gasteiger partial charge in [-0.1, -0.05) is 60.7 Å². The molecule has 0 N–H and O–H groups in total. The third-order valence-corrected chi connectivity index (χ3v) is 6.27. The second-order valence-corrected chi connectivity index (χ2v) is 8.40. The van der Waals surface area contributed by atoms with Crippen molar-refractivity contribution in [2.24, 2.45) is 4.99 Å². The van der Waals surface area contributed by atoms with Crippen molar-refractivity contribution in [2.75, 3.05) is 44.9 Å². The standard InChI is InChI=1S/C27H28N4O2/c1-33-25-14-8-6-12-23(25)28-26-22-11-5-7-13-24(22)31(27(26)32)20-30-17-15-29(16-18-30)19-21-9-3-2-4-10-21/h2-14H,15-20H2,1H3. The number of carbonyl (C=O) groups is 1. The number of para-hydroxylation sites is 3. The zero-order valence-corrected chi connectivity index (χ0v) is 18.9. The van der Waals surface area contributed by atoms with Gasteiger partial charge in [0.15, 0.2) is 0 Å². The number of rotatable bonds is 6. The molecule has 2 aliphatic rings. The average molecular weight is 441 g/mol. The Morgan fingerprint density at radius 3 is 2.27 bits per heavy atom. The van der Waals surface area contributed by atoms with E-state index in [0.29, 0.717) is 23.8 Å². The van der Waals surface area contributed by atoms with Crippen LogP contribution in [0.15, 0.2) is 83.9 Å². The maximum absolute atomic E-state index is 13.5. The van der Waals surface area contributed by atoms with Gasteiger partial charge in [-0.15, -0.1) is 0 Å². The van der Waals surface area contributed by atoms with Crippen molar-refractivity contribution >= 4 is 23.0 Å². The van der Waals surface area contributed by atoms with E-state index in [1.54, 1.807) is 7.11 Å². The molecule has 33 heavy (non-hydrogen) atoms. The van der Waals surface area contributed by atoms with Crippen molar-refractivity contribution in [1.82, 2.24) is 9.80 Å². The molecule has 1 fully saturated rings. The fourth-order valence-corrected chi connectivity index (χ4v) is 4.48. The van der Waals surface area contributed by atoms with Gasteiger partial charge in [-0.25, -0.2) is 4.99 Å². The van der Waals surface area contributed by atoms with Crippen LogP contribution in [0.5, 0.6) is 5.75 Å². The van der Waals surface area contributed by atoms with Crippen LogP contribution >= 0.6 is 0 Å². The molecule has 168 valence electrons. The summed E-state index contributed by atoms with van der Waals surface area (Å²) in [5.74, 6) is 0.595. The van der Waals surface area contributed by atoms with Crippen molar-refractivity contribution in [1.29, 1.82) is 0 Å². The van der Waals surface area contributed by atoms with Gasteiger partial charge in [0.1, 0.15) is 17.1 Å². The molecule has 6 nitrogen and oxygen atoms in total. The molecule has 0 radical (unpaired) electrons. The Labute approximate surface area is 194 Å². The number of amides is 1. The molecule has 0 unspecified atom stereocenters. The van der Waals surface area contributed by atoms with Crippen LogP contribution in [-0.2, 0) is 11.3 Å². The normalized spacial score (nSPS) is 18.0. The summed E-state index contributed by atoms with van der Waals surface area (Å²) in [7, 11) is 1.62. The molecule has 6 heteroatoms. The predicted molar refractivity (Wildman–Crippen MR) is 131 cm³/mol. The molecule has 5 rings (SSSR count). The van der Waals surface area contributed by atoms with E-state index >= 15 is 0 Å². The van der Waals surface area contributed by atoms with Crippen LogP contribution in [0.25, 0.3) is 0 Å². The first-order valence-corrected chi connectivity index (χ1v) is 11.3. The molecule has 1 saturated heterocycles. The lowest BCUT2D eigenvalue weighted by Gasteiger charge is -2.36. The van der Waals surface area contributed by atoms with E-state index in [9.17, 15) is 4.79 Å². The lowest BCUT2D eigenvalue weighted by molar-refractivity contribution is -0.112. The minimum Gasteiger partial charge on any atom is -0.494 e. The molecular formula is C27H28N4O2. The quantitative estimate of drug-likeness (QED) is 0.583. The number of benzene rings is 3. The van der Waals surface area contributed by atoms with Gasteiger partial charge in [0, 0.05) is 38.3 Å². The second kappa shape index (κ2) is 9.57. The fraction of sp³-hybridized carbons (Fsp3) is 0.259.